The molecule has 1 aromatic rings. The summed E-state index contributed by atoms with van der Waals surface area (Å²) >= 11 is 0. The van der Waals surface area contributed by atoms with Crippen molar-refractivity contribution in [3.05, 3.63) is 35.4 Å². The predicted molar refractivity (Wildman–Crippen MR) is 58.2 cm³/mol. The van der Waals surface area contributed by atoms with E-state index in [0.29, 0.717) is 0 Å². The molecule has 1 N–H and O–H groups in total. The summed E-state index contributed by atoms with van der Waals surface area (Å²) in [5.41, 5.74) is 0.206. The van der Waals surface area contributed by atoms with Gasteiger partial charge in [0.25, 0.3) is 0 Å². The van der Waals surface area contributed by atoms with Crippen molar-refractivity contribution in [3.63, 3.8) is 0 Å². The normalized spacial score (nSPS) is 13.7. The van der Waals surface area contributed by atoms with Crippen LogP contribution in [0.2, 0.25) is 0 Å². The quantitative estimate of drug-likeness (QED) is 0.806. The molecule has 102 valence electrons. The first-order chi connectivity index (χ1) is 8.31. The van der Waals surface area contributed by atoms with Crippen molar-refractivity contribution < 1.29 is 22.0 Å². The Morgan fingerprint density at radius 2 is 1.89 bits per heavy atom. The molecule has 0 aliphatic rings. The summed E-state index contributed by atoms with van der Waals surface area (Å²) in [6, 6.07) is 2.58. The van der Waals surface area contributed by atoms with Crippen LogP contribution in [-0.4, -0.2) is 19.3 Å². The summed E-state index contributed by atoms with van der Waals surface area (Å²) in [7, 11) is 1.52. The maximum absolute atomic E-state index is 13.3. The lowest BCUT2D eigenvalue weighted by molar-refractivity contribution is -0.136. The highest BCUT2D eigenvalue weighted by atomic mass is 19.4. The molecule has 0 aliphatic carbocycles. The zero-order valence-corrected chi connectivity index (χ0v) is 9.82. The Bertz CT molecular complexity index is 389. The van der Waals surface area contributed by atoms with E-state index in [0.717, 1.165) is 12.1 Å². The van der Waals surface area contributed by atoms with Gasteiger partial charge in [0.2, 0.25) is 0 Å². The first-order valence-electron chi connectivity index (χ1n) is 5.50. The van der Waals surface area contributed by atoms with Crippen molar-refractivity contribution in [2.24, 2.45) is 0 Å². The lowest BCUT2D eigenvalue weighted by atomic mass is 10.0. The highest BCUT2D eigenvalue weighted by Gasteiger charge is 2.28. The van der Waals surface area contributed by atoms with Gasteiger partial charge in [0, 0.05) is 18.5 Å². The van der Waals surface area contributed by atoms with Crippen molar-refractivity contribution in [1.29, 1.82) is 0 Å². The fourth-order valence-electron chi connectivity index (χ4n) is 1.64. The molecule has 0 spiro atoms. The number of benzene rings is 1. The number of alkyl halides is 3. The summed E-state index contributed by atoms with van der Waals surface area (Å²) in [4.78, 5) is 0. The number of likely N-dealkylation sites (N-methyl/N-ethyl adjacent to an activating group) is 1. The Kier molecular flexibility index (Phi) is 5.07. The van der Waals surface area contributed by atoms with E-state index in [-0.39, 0.29) is 18.4 Å². The molecular formula is C12H14F5N. The molecule has 0 aromatic heterocycles. The zero-order valence-electron chi connectivity index (χ0n) is 9.82. The lowest BCUT2D eigenvalue weighted by Gasteiger charge is -2.17. The number of nitrogens with one attached hydrogen (secondary N) is 1. The molecular weight excluding hydrogens is 253 g/mol. The van der Waals surface area contributed by atoms with Crippen LogP contribution in [0.3, 0.4) is 0 Å². The summed E-state index contributed by atoms with van der Waals surface area (Å²) in [5.74, 6) is -1.44. The monoisotopic (exact) mass is 267 g/mol. The molecule has 0 radical (unpaired) electrons. The Morgan fingerprint density at radius 1 is 1.22 bits per heavy atom. The van der Waals surface area contributed by atoms with Gasteiger partial charge in [-0.05, 0) is 31.5 Å². The fourth-order valence-corrected chi connectivity index (χ4v) is 1.64. The van der Waals surface area contributed by atoms with Gasteiger partial charge < -0.3 is 5.32 Å². The minimum Gasteiger partial charge on any atom is -0.317 e. The Balaban J connectivity index is 2.62. The molecule has 0 aliphatic heterocycles. The largest absolute Gasteiger partial charge is 0.389 e. The molecule has 0 saturated carbocycles. The van der Waals surface area contributed by atoms with Crippen LogP contribution in [0.5, 0.6) is 0 Å². The molecule has 6 heteroatoms. The summed E-state index contributed by atoms with van der Waals surface area (Å²) in [6.07, 6.45) is -5.20. The third-order valence-electron chi connectivity index (χ3n) is 2.67. The lowest BCUT2D eigenvalue weighted by Crippen LogP contribution is -2.29. The number of hydrogen-bond acceptors (Lipinski definition) is 1. The first-order valence-corrected chi connectivity index (χ1v) is 5.50. The van der Waals surface area contributed by atoms with Gasteiger partial charge in [0.15, 0.2) is 0 Å². The van der Waals surface area contributed by atoms with Gasteiger partial charge in [-0.15, -0.1) is 0 Å². The van der Waals surface area contributed by atoms with Crippen LogP contribution in [0.1, 0.15) is 18.4 Å². The molecule has 1 aromatic carbocycles. The first kappa shape index (κ1) is 14.9. The Morgan fingerprint density at radius 3 is 2.39 bits per heavy atom. The molecule has 18 heavy (non-hydrogen) atoms. The third kappa shape index (κ3) is 5.00. The number of halogens is 5. The zero-order chi connectivity index (χ0) is 13.8. The van der Waals surface area contributed by atoms with Crippen molar-refractivity contribution in [2.45, 2.75) is 31.5 Å². The maximum Gasteiger partial charge on any atom is 0.389 e. The van der Waals surface area contributed by atoms with E-state index >= 15 is 0 Å². The van der Waals surface area contributed by atoms with Crippen molar-refractivity contribution in [2.75, 3.05) is 7.05 Å². The summed E-state index contributed by atoms with van der Waals surface area (Å²) in [5, 5.41) is 2.70. The smallest absolute Gasteiger partial charge is 0.317 e. The minimum absolute atomic E-state index is 0.0959. The second-order valence-corrected chi connectivity index (χ2v) is 4.08. The van der Waals surface area contributed by atoms with E-state index in [9.17, 15) is 22.0 Å². The van der Waals surface area contributed by atoms with E-state index < -0.39 is 30.3 Å². The van der Waals surface area contributed by atoms with E-state index in [1.807, 2.05) is 0 Å². The minimum atomic E-state index is -4.23. The average Bonchev–Trinajstić information content (AvgIpc) is 2.25. The van der Waals surface area contributed by atoms with Crippen molar-refractivity contribution in [3.8, 4) is 0 Å². The van der Waals surface area contributed by atoms with E-state index in [1.54, 1.807) is 0 Å². The molecule has 1 nitrogen and oxygen atoms in total. The molecule has 1 atom stereocenters. The topological polar surface area (TPSA) is 12.0 Å². The van der Waals surface area contributed by atoms with Gasteiger partial charge >= 0.3 is 6.18 Å². The van der Waals surface area contributed by atoms with Crippen molar-refractivity contribution >= 4 is 0 Å². The molecule has 0 bridgehead atoms. The van der Waals surface area contributed by atoms with Crippen LogP contribution >= 0.6 is 0 Å². The maximum atomic E-state index is 13.3. The second-order valence-electron chi connectivity index (χ2n) is 4.08. The van der Waals surface area contributed by atoms with Gasteiger partial charge in [0.1, 0.15) is 11.6 Å². The molecule has 0 saturated heterocycles. The van der Waals surface area contributed by atoms with Crippen LogP contribution in [0.15, 0.2) is 18.2 Å². The molecule has 1 rings (SSSR count). The Labute approximate surface area is 102 Å². The molecule has 0 fully saturated rings. The van der Waals surface area contributed by atoms with E-state index in [4.69, 9.17) is 0 Å². The van der Waals surface area contributed by atoms with Crippen LogP contribution < -0.4 is 5.32 Å². The molecule has 0 heterocycles. The standard InChI is InChI=1S/C12H14F5N/c1-18-10(4-5-12(15,16)17)6-8-2-3-9(13)7-11(8)14/h2-3,7,10,18H,4-6H2,1H3. The predicted octanol–water partition coefficient (Wildman–Crippen LogP) is 3.44. The van der Waals surface area contributed by atoms with Gasteiger partial charge in [-0.25, -0.2) is 8.78 Å². The Hall–Kier alpha value is -1.17. The van der Waals surface area contributed by atoms with Gasteiger partial charge in [0.05, 0.1) is 0 Å². The summed E-state index contributed by atoms with van der Waals surface area (Å²) in [6.45, 7) is 0. The molecule has 0 amide bonds. The average molecular weight is 267 g/mol. The highest BCUT2D eigenvalue weighted by Crippen LogP contribution is 2.23. The van der Waals surface area contributed by atoms with E-state index in [1.165, 1.54) is 13.1 Å². The van der Waals surface area contributed by atoms with Gasteiger partial charge in [-0.1, -0.05) is 6.07 Å². The van der Waals surface area contributed by atoms with Crippen LogP contribution in [0.4, 0.5) is 22.0 Å². The highest BCUT2D eigenvalue weighted by molar-refractivity contribution is 5.19. The summed E-state index contributed by atoms with van der Waals surface area (Å²) < 4.78 is 62.2. The third-order valence-corrected chi connectivity index (χ3v) is 2.67. The van der Waals surface area contributed by atoms with E-state index in [2.05, 4.69) is 5.32 Å². The second kappa shape index (κ2) is 6.13. The van der Waals surface area contributed by atoms with Gasteiger partial charge in [-0.2, -0.15) is 13.2 Å². The number of hydrogen-bond donors (Lipinski definition) is 1. The van der Waals surface area contributed by atoms with Gasteiger partial charge in [-0.3, -0.25) is 0 Å². The SMILES string of the molecule is CNC(CCC(F)(F)F)Cc1ccc(F)cc1F. The fraction of sp³-hybridized carbons (Fsp3) is 0.500. The number of rotatable bonds is 5. The van der Waals surface area contributed by atoms with Crippen LogP contribution in [-0.2, 0) is 6.42 Å². The molecule has 1 unspecified atom stereocenters. The van der Waals surface area contributed by atoms with Crippen LogP contribution in [0, 0.1) is 11.6 Å². The van der Waals surface area contributed by atoms with Crippen molar-refractivity contribution in [1.82, 2.24) is 5.32 Å². The van der Waals surface area contributed by atoms with Crippen LogP contribution in [0.25, 0.3) is 0 Å².